The zero-order chi connectivity index (χ0) is 12.7. The van der Waals surface area contributed by atoms with E-state index in [9.17, 15) is 9.59 Å². The number of hydrogen-bond acceptors (Lipinski definition) is 6. The molecule has 0 saturated heterocycles. The lowest BCUT2D eigenvalue weighted by molar-refractivity contribution is 0.0457. The third-order valence-electron chi connectivity index (χ3n) is 1.90. The molecule has 4 N–H and O–H groups in total. The van der Waals surface area contributed by atoms with Crippen LogP contribution in [0.25, 0.3) is 0 Å². The highest BCUT2D eigenvalue weighted by Crippen LogP contribution is 1.94. The molecule has 8 heteroatoms. The molecule has 0 radical (unpaired) electrons. The Morgan fingerprint density at radius 1 is 1.35 bits per heavy atom. The van der Waals surface area contributed by atoms with E-state index in [4.69, 9.17) is 14.9 Å². The van der Waals surface area contributed by atoms with Crippen molar-refractivity contribution in [2.24, 2.45) is 0 Å². The van der Waals surface area contributed by atoms with Gasteiger partial charge in [-0.25, -0.2) is 4.79 Å². The summed E-state index contributed by atoms with van der Waals surface area (Å²) in [6.45, 7) is -0.0268. The van der Waals surface area contributed by atoms with Crippen molar-refractivity contribution in [1.82, 2.24) is 9.55 Å². The smallest absolute Gasteiger partial charge is 0.330 e. The molecule has 96 valence electrons. The number of hydrogen-bond donors (Lipinski definition) is 4. The molecule has 0 aromatic carbocycles. The Balaban J connectivity index is 2.82. The first-order valence-corrected chi connectivity index (χ1v) is 5.06. The van der Waals surface area contributed by atoms with Crippen molar-refractivity contribution in [3.63, 3.8) is 0 Å². The Labute approximate surface area is 96.5 Å². The number of aromatic amines is 1. The third kappa shape index (κ3) is 4.02. The maximum atomic E-state index is 11.3. The average molecular weight is 245 g/mol. The van der Waals surface area contributed by atoms with Crippen molar-refractivity contribution in [3.05, 3.63) is 27.0 Å². The number of H-pyrrole nitrogens is 1. The summed E-state index contributed by atoms with van der Waals surface area (Å²) in [5, 5.41) is 19.8. The quantitative estimate of drug-likeness (QED) is 0.409. The van der Waals surface area contributed by atoms with Crippen molar-refractivity contribution in [2.75, 3.05) is 31.7 Å². The van der Waals surface area contributed by atoms with Crippen molar-refractivity contribution >= 4 is 5.69 Å². The number of aliphatic hydroxyl groups excluding tert-OH is 2. The van der Waals surface area contributed by atoms with E-state index in [0.717, 1.165) is 4.57 Å². The van der Waals surface area contributed by atoms with Crippen LogP contribution in [0.4, 0.5) is 5.69 Å². The average Bonchev–Trinajstić information content (AvgIpc) is 2.31. The number of nitrogens with zero attached hydrogens (tertiary/aromatic N) is 1. The Kier molecular flexibility index (Phi) is 5.40. The molecule has 0 fully saturated rings. The van der Waals surface area contributed by atoms with Gasteiger partial charge in [-0.15, -0.1) is 0 Å². The van der Waals surface area contributed by atoms with Crippen LogP contribution in [-0.4, -0.2) is 46.1 Å². The van der Waals surface area contributed by atoms with Gasteiger partial charge in [0.25, 0.3) is 5.56 Å². The minimum atomic E-state index is -0.595. The molecular weight excluding hydrogens is 230 g/mol. The van der Waals surface area contributed by atoms with Gasteiger partial charge in [0.2, 0.25) is 0 Å². The SMILES string of the molecule is O=c1[nH]c(=O)n(COCCO)cc1NCCO. The van der Waals surface area contributed by atoms with E-state index in [1.807, 2.05) is 0 Å². The van der Waals surface area contributed by atoms with Crippen molar-refractivity contribution in [3.8, 4) is 0 Å². The maximum absolute atomic E-state index is 11.3. The van der Waals surface area contributed by atoms with Gasteiger partial charge >= 0.3 is 5.69 Å². The van der Waals surface area contributed by atoms with Crippen molar-refractivity contribution < 1.29 is 14.9 Å². The van der Waals surface area contributed by atoms with Crippen LogP contribution < -0.4 is 16.6 Å². The number of ether oxygens (including phenoxy) is 1. The summed E-state index contributed by atoms with van der Waals surface area (Å²) >= 11 is 0. The molecule has 8 nitrogen and oxygen atoms in total. The molecular formula is C9H15N3O5. The second-order valence-corrected chi connectivity index (χ2v) is 3.18. The van der Waals surface area contributed by atoms with Gasteiger partial charge in [0.05, 0.1) is 19.8 Å². The number of nitrogens with one attached hydrogen (secondary N) is 2. The minimum Gasteiger partial charge on any atom is -0.395 e. The van der Waals surface area contributed by atoms with Gasteiger partial charge in [-0.2, -0.15) is 0 Å². The van der Waals surface area contributed by atoms with E-state index in [-0.39, 0.29) is 38.8 Å². The molecule has 1 heterocycles. The monoisotopic (exact) mass is 245 g/mol. The summed E-state index contributed by atoms with van der Waals surface area (Å²) in [7, 11) is 0. The zero-order valence-electron chi connectivity index (χ0n) is 9.18. The number of aromatic nitrogens is 2. The van der Waals surface area contributed by atoms with Gasteiger partial charge in [-0.3, -0.25) is 14.3 Å². The van der Waals surface area contributed by atoms with Crippen LogP contribution in [0.3, 0.4) is 0 Å². The second-order valence-electron chi connectivity index (χ2n) is 3.18. The fourth-order valence-electron chi connectivity index (χ4n) is 1.15. The standard InChI is InChI=1S/C9H15N3O5/c13-2-1-10-7-5-12(6-17-4-3-14)9(16)11-8(7)15/h5,10,13-14H,1-4,6H2,(H,11,15,16). The molecule has 0 amide bonds. The summed E-state index contributed by atoms with van der Waals surface area (Å²) in [6, 6.07) is 0. The van der Waals surface area contributed by atoms with E-state index in [1.54, 1.807) is 0 Å². The maximum Gasteiger partial charge on any atom is 0.330 e. The van der Waals surface area contributed by atoms with Crippen LogP contribution >= 0.6 is 0 Å². The summed E-state index contributed by atoms with van der Waals surface area (Å²) in [6.07, 6.45) is 1.30. The van der Waals surface area contributed by atoms with E-state index < -0.39 is 11.2 Å². The van der Waals surface area contributed by atoms with Gasteiger partial charge in [-0.05, 0) is 0 Å². The summed E-state index contributed by atoms with van der Waals surface area (Å²) in [4.78, 5) is 24.8. The van der Waals surface area contributed by atoms with Crippen molar-refractivity contribution in [1.29, 1.82) is 0 Å². The molecule has 0 unspecified atom stereocenters. The second kappa shape index (κ2) is 6.84. The molecule has 1 rings (SSSR count). The van der Waals surface area contributed by atoms with Gasteiger partial charge in [0.15, 0.2) is 0 Å². The minimum absolute atomic E-state index is 0.0655. The van der Waals surface area contributed by atoms with Crippen LogP contribution in [-0.2, 0) is 11.5 Å². The van der Waals surface area contributed by atoms with Crippen molar-refractivity contribution in [2.45, 2.75) is 6.73 Å². The number of aliphatic hydroxyl groups is 2. The molecule has 0 aliphatic carbocycles. The predicted molar refractivity (Wildman–Crippen MR) is 59.9 cm³/mol. The van der Waals surface area contributed by atoms with E-state index in [1.165, 1.54) is 6.20 Å². The Bertz CT molecular complexity index is 453. The van der Waals surface area contributed by atoms with Crippen LogP contribution in [0.5, 0.6) is 0 Å². The Morgan fingerprint density at radius 3 is 2.76 bits per heavy atom. The van der Waals surface area contributed by atoms with Crippen LogP contribution in [0.1, 0.15) is 0 Å². The first-order valence-electron chi connectivity index (χ1n) is 5.06. The molecule has 17 heavy (non-hydrogen) atoms. The largest absolute Gasteiger partial charge is 0.395 e. The normalized spacial score (nSPS) is 10.5. The molecule has 0 saturated carbocycles. The molecule has 0 aliphatic heterocycles. The van der Waals surface area contributed by atoms with Gasteiger partial charge < -0.3 is 20.3 Å². The lowest BCUT2D eigenvalue weighted by Gasteiger charge is -2.08. The highest BCUT2D eigenvalue weighted by molar-refractivity contribution is 5.37. The summed E-state index contributed by atoms with van der Waals surface area (Å²) < 4.78 is 6.11. The van der Waals surface area contributed by atoms with Crippen LogP contribution in [0, 0.1) is 0 Å². The first kappa shape index (κ1) is 13.4. The van der Waals surface area contributed by atoms with E-state index in [2.05, 4.69) is 10.3 Å². The van der Waals surface area contributed by atoms with E-state index in [0.29, 0.717) is 0 Å². The highest BCUT2D eigenvalue weighted by atomic mass is 16.5. The third-order valence-corrected chi connectivity index (χ3v) is 1.90. The predicted octanol–water partition coefficient (Wildman–Crippen LogP) is -2.09. The lowest BCUT2D eigenvalue weighted by atomic mass is 10.5. The Hall–Kier alpha value is -1.64. The van der Waals surface area contributed by atoms with E-state index >= 15 is 0 Å². The fraction of sp³-hybridized carbons (Fsp3) is 0.556. The number of rotatable bonds is 7. The molecule has 1 aromatic heterocycles. The summed E-state index contributed by atoms with van der Waals surface area (Å²) in [5.74, 6) is 0. The Morgan fingerprint density at radius 2 is 2.12 bits per heavy atom. The lowest BCUT2D eigenvalue weighted by Crippen LogP contribution is -2.32. The topological polar surface area (TPSA) is 117 Å². The molecule has 0 bridgehead atoms. The van der Waals surface area contributed by atoms with Crippen LogP contribution in [0.2, 0.25) is 0 Å². The summed E-state index contributed by atoms with van der Waals surface area (Å²) in [5.41, 5.74) is -0.976. The molecule has 0 spiro atoms. The van der Waals surface area contributed by atoms with Gasteiger partial charge in [-0.1, -0.05) is 0 Å². The molecule has 0 atom stereocenters. The molecule has 0 aliphatic rings. The zero-order valence-corrected chi connectivity index (χ0v) is 9.18. The first-order chi connectivity index (χ1) is 8.19. The van der Waals surface area contributed by atoms with Gasteiger partial charge in [0, 0.05) is 12.7 Å². The molecule has 1 aromatic rings. The van der Waals surface area contributed by atoms with Crippen LogP contribution in [0.15, 0.2) is 15.8 Å². The fourth-order valence-corrected chi connectivity index (χ4v) is 1.15. The van der Waals surface area contributed by atoms with Gasteiger partial charge in [0.1, 0.15) is 12.4 Å². The highest BCUT2D eigenvalue weighted by Gasteiger charge is 2.03. The number of anilines is 1.